The quantitative estimate of drug-likeness (QED) is 0.859. The number of nitrogens with one attached hydrogen (secondary N) is 1. The van der Waals surface area contributed by atoms with Gasteiger partial charge in [0.25, 0.3) is 0 Å². The molecule has 1 aliphatic heterocycles. The first-order valence-corrected chi connectivity index (χ1v) is 9.58. The zero-order chi connectivity index (χ0) is 18.1. The second kappa shape index (κ2) is 7.15. The van der Waals surface area contributed by atoms with Crippen LogP contribution in [0.3, 0.4) is 0 Å². The van der Waals surface area contributed by atoms with E-state index in [1.807, 2.05) is 25.7 Å². The Hall–Kier alpha value is -0.900. The van der Waals surface area contributed by atoms with Gasteiger partial charge in [-0.05, 0) is 52.9 Å². The molecule has 1 saturated carbocycles. The van der Waals surface area contributed by atoms with E-state index in [9.17, 15) is 9.59 Å². The number of Topliss-reactive ketones (excluding diaryl/α,β-unsaturated/α-hetero) is 1. The molecule has 2 fully saturated rings. The zero-order valence-electron chi connectivity index (χ0n) is 16.4. The van der Waals surface area contributed by atoms with Crippen LogP contribution in [-0.2, 0) is 9.59 Å². The van der Waals surface area contributed by atoms with Gasteiger partial charge in [-0.3, -0.25) is 9.59 Å². The lowest BCUT2D eigenvalue weighted by atomic mass is 9.82. The van der Waals surface area contributed by atoms with E-state index in [-0.39, 0.29) is 28.7 Å². The summed E-state index contributed by atoms with van der Waals surface area (Å²) in [6.07, 6.45) is 4.93. The summed E-state index contributed by atoms with van der Waals surface area (Å²) in [6, 6.07) is 0.530. The van der Waals surface area contributed by atoms with Gasteiger partial charge in [-0.25, -0.2) is 0 Å². The number of carbonyl (C=O) groups is 2. The van der Waals surface area contributed by atoms with E-state index >= 15 is 0 Å². The van der Waals surface area contributed by atoms with Gasteiger partial charge in [-0.15, -0.1) is 0 Å². The molecule has 0 unspecified atom stereocenters. The molecule has 1 N–H and O–H groups in total. The normalized spacial score (nSPS) is 28.9. The molecule has 1 amide bonds. The summed E-state index contributed by atoms with van der Waals surface area (Å²) in [5.74, 6) is 0.781. The fraction of sp³-hybridized carbons (Fsp3) is 0.900. The van der Waals surface area contributed by atoms with Gasteiger partial charge in [0.05, 0.1) is 0 Å². The predicted molar refractivity (Wildman–Crippen MR) is 97.8 cm³/mol. The molecule has 1 heterocycles. The highest BCUT2D eigenvalue weighted by Gasteiger charge is 2.38. The molecule has 2 aliphatic rings. The fourth-order valence-corrected chi connectivity index (χ4v) is 4.14. The Morgan fingerprint density at radius 3 is 1.96 bits per heavy atom. The molecule has 0 bridgehead atoms. The summed E-state index contributed by atoms with van der Waals surface area (Å²) in [6.45, 7) is 13.9. The topological polar surface area (TPSA) is 49.4 Å². The molecule has 0 spiro atoms. The smallest absolute Gasteiger partial charge is 0.225 e. The molecule has 0 radical (unpaired) electrons. The highest BCUT2D eigenvalue weighted by molar-refractivity contribution is 5.88. The van der Waals surface area contributed by atoms with Crippen molar-refractivity contribution in [1.29, 1.82) is 0 Å². The van der Waals surface area contributed by atoms with Gasteiger partial charge < -0.3 is 10.2 Å². The van der Waals surface area contributed by atoms with E-state index in [4.69, 9.17) is 0 Å². The van der Waals surface area contributed by atoms with Crippen LogP contribution in [0.25, 0.3) is 0 Å². The van der Waals surface area contributed by atoms with Crippen LogP contribution >= 0.6 is 0 Å². The van der Waals surface area contributed by atoms with Crippen LogP contribution in [0.15, 0.2) is 0 Å². The lowest BCUT2D eigenvalue weighted by Gasteiger charge is -2.35. The van der Waals surface area contributed by atoms with Crippen molar-refractivity contribution >= 4 is 11.7 Å². The number of hydrogen-bond acceptors (Lipinski definition) is 3. The molecule has 138 valence electrons. The van der Waals surface area contributed by atoms with Gasteiger partial charge in [0, 0.05) is 41.9 Å². The number of ketones is 1. The summed E-state index contributed by atoms with van der Waals surface area (Å²) in [5, 5.41) is 3.66. The van der Waals surface area contributed by atoms with E-state index in [2.05, 4.69) is 26.1 Å². The van der Waals surface area contributed by atoms with E-state index in [1.54, 1.807) is 0 Å². The summed E-state index contributed by atoms with van der Waals surface area (Å²) in [4.78, 5) is 27.2. The molecule has 4 nitrogen and oxygen atoms in total. The van der Waals surface area contributed by atoms with E-state index < -0.39 is 0 Å². The average molecular weight is 337 g/mol. The molecule has 4 heteroatoms. The Morgan fingerprint density at radius 2 is 1.46 bits per heavy atom. The third-order valence-electron chi connectivity index (χ3n) is 5.32. The second-order valence-corrected chi connectivity index (χ2v) is 9.83. The third kappa shape index (κ3) is 5.05. The largest absolute Gasteiger partial charge is 0.342 e. The van der Waals surface area contributed by atoms with Crippen LogP contribution in [-0.4, -0.2) is 41.3 Å². The van der Waals surface area contributed by atoms with Gasteiger partial charge in [0.2, 0.25) is 5.91 Å². The van der Waals surface area contributed by atoms with Crippen molar-refractivity contribution in [2.45, 2.75) is 85.2 Å². The van der Waals surface area contributed by atoms with Crippen molar-refractivity contribution in [3.05, 3.63) is 0 Å². The van der Waals surface area contributed by atoms with Crippen LogP contribution < -0.4 is 5.32 Å². The molecule has 1 saturated heterocycles. The molecule has 1 aliphatic carbocycles. The molecule has 1 atom stereocenters. The number of rotatable bonds is 3. The Labute approximate surface area is 147 Å². The number of hydrogen-bond donors (Lipinski definition) is 1. The number of amides is 1. The van der Waals surface area contributed by atoms with Gasteiger partial charge in [0.15, 0.2) is 0 Å². The molecule has 0 aromatic carbocycles. The predicted octanol–water partition coefficient (Wildman–Crippen LogP) is 3.40. The van der Waals surface area contributed by atoms with E-state index in [0.717, 1.165) is 38.6 Å². The Bertz CT molecular complexity index is 465. The molecule has 0 aromatic rings. The summed E-state index contributed by atoms with van der Waals surface area (Å²) >= 11 is 0. The van der Waals surface area contributed by atoms with Crippen molar-refractivity contribution < 1.29 is 9.59 Å². The first-order valence-electron chi connectivity index (χ1n) is 9.58. The van der Waals surface area contributed by atoms with Crippen molar-refractivity contribution in [2.75, 3.05) is 13.1 Å². The van der Waals surface area contributed by atoms with Crippen LogP contribution in [0, 0.1) is 17.3 Å². The number of nitrogens with zero attached hydrogens (tertiary/aromatic N) is 1. The highest BCUT2D eigenvalue weighted by Crippen LogP contribution is 2.31. The van der Waals surface area contributed by atoms with Crippen molar-refractivity contribution in [3.8, 4) is 0 Å². The number of likely N-dealkylation sites (tertiary alicyclic amines) is 1. The molecular formula is C20H36N2O2. The Kier molecular flexibility index (Phi) is 5.79. The Morgan fingerprint density at radius 1 is 0.875 bits per heavy atom. The SMILES string of the molecule is CC(C)(C)N[C@H]1CC[C@@H](C(=O)N2CC[C@H](C(=O)C(C)(C)C)C2)CC1. The molecule has 0 aromatic heterocycles. The van der Waals surface area contributed by atoms with Crippen molar-refractivity contribution in [2.24, 2.45) is 17.3 Å². The Balaban J connectivity index is 1.83. The van der Waals surface area contributed by atoms with Crippen LogP contribution in [0.5, 0.6) is 0 Å². The van der Waals surface area contributed by atoms with Gasteiger partial charge >= 0.3 is 0 Å². The zero-order valence-corrected chi connectivity index (χ0v) is 16.4. The first kappa shape index (κ1) is 19.4. The van der Waals surface area contributed by atoms with E-state index in [1.165, 1.54) is 0 Å². The maximum Gasteiger partial charge on any atom is 0.225 e. The lowest BCUT2D eigenvalue weighted by molar-refractivity contribution is -0.136. The second-order valence-electron chi connectivity index (χ2n) is 9.83. The maximum atomic E-state index is 12.8. The van der Waals surface area contributed by atoms with Crippen LogP contribution in [0.2, 0.25) is 0 Å². The summed E-state index contributed by atoms with van der Waals surface area (Å²) in [5.41, 5.74) is -0.169. The summed E-state index contributed by atoms with van der Waals surface area (Å²) in [7, 11) is 0. The molecular weight excluding hydrogens is 300 g/mol. The minimum absolute atomic E-state index is 0.0350. The standard InChI is InChI=1S/C20H36N2O2/c1-19(2,3)17(23)15-11-12-22(13-15)18(24)14-7-9-16(10-8-14)21-20(4,5)6/h14-16,21H,7-13H2,1-6H3/t14-,15-,16+/m0/s1. The van der Waals surface area contributed by atoms with Crippen molar-refractivity contribution in [3.63, 3.8) is 0 Å². The molecule has 2 rings (SSSR count). The minimum atomic E-state index is -0.305. The van der Waals surface area contributed by atoms with E-state index in [0.29, 0.717) is 18.4 Å². The van der Waals surface area contributed by atoms with Crippen molar-refractivity contribution in [1.82, 2.24) is 10.2 Å². The minimum Gasteiger partial charge on any atom is -0.342 e. The summed E-state index contributed by atoms with van der Waals surface area (Å²) < 4.78 is 0. The van der Waals surface area contributed by atoms with Gasteiger partial charge in [-0.2, -0.15) is 0 Å². The first-order chi connectivity index (χ1) is 11.0. The average Bonchev–Trinajstić information content (AvgIpc) is 2.93. The molecule has 24 heavy (non-hydrogen) atoms. The van der Waals surface area contributed by atoms with Gasteiger partial charge in [0.1, 0.15) is 5.78 Å². The lowest BCUT2D eigenvalue weighted by Crippen LogP contribution is -2.46. The monoisotopic (exact) mass is 336 g/mol. The third-order valence-corrected chi connectivity index (χ3v) is 5.32. The maximum absolute atomic E-state index is 12.8. The highest BCUT2D eigenvalue weighted by atomic mass is 16.2. The number of carbonyl (C=O) groups excluding carboxylic acids is 2. The van der Waals surface area contributed by atoms with Crippen LogP contribution in [0.4, 0.5) is 0 Å². The van der Waals surface area contributed by atoms with Gasteiger partial charge in [-0.1, -0.05) is 20.8 Å². The van der Waals surface area contributed by atoms with Crippen LogP contribution in [0.1, 0.15) is 73.6 Å². The fourth-order valence-electron chi connectivity index (χ4n) is 4.14.